The smallest absolute Gasteiger partial charge is 0.336 e. The van der Waals surface area contributed by atoms with Crippen LogP contribution in [0.5, 0.6) is 11.5 Å². The lowest BCUT2D eigenvalue weighted by atomic mass is 10.2. The van der Waals surface area contributed by atoms with Crippen molar-refractivity contribution in [2.45, 2.75) is 16.6 Å². The Morgan fingerprint density at radius 3 is 2.56 bits per heavy atom. The molecule has 2 aromatic carbocycles. The zero-order valence-electron chi connectivity index (χ0n) is 14.7. The summed E-state index contributed by atoms with van der Waals surface area (Å²) in [6.07, 6.45) is -0.0212. The normalized spacial score (nSPS) is 16.5. The number of amides is 2. The first kappa shape index (κ1) is 18.8. The maximum absolute atomic E-state index is 12.9. The van der Waals surface area contributed by atoms with Gasteiger partial charge in [0, 0.05) is 17.4 Å². The van der Waals surface area contributed by atoms with Gasteiger partial charge in [-0.3, -0.25) is 9.59 Å². The summed E-state index contributed by atoms with van der Waals surface area (Å²) in [6.45, 7) is 0. The topological polar surface area (TPSA) is 93.1 Å². The number of rotatable bonds is 6. The van der Waals surface area contributed by atoms with Crippen molar-refractivity contribution >= 4 is 35.2 Å². The van der Waals surface area contributed by atoms with Gasteiger partial charge >= 0.3 is 5.97 Å². The van der Waals surface area contributed by atoms with E-state index < -0.39 is 17.1 Å². The second-order valence-electron chi connectivity index (χ2n) is 5.72. The highest BCUT2D eigenvalue weighted by atomic mass is 32.2. The predicted molar refractivity (Wildman–Crippen MR) is 99.7 cm³/mol. The highest BCUT2D eigenvalue weighted by Crippen LogP contribution is 2.39. The molecular weight excluding hydrogens is 370 g/mol. The summed E-state index contributed by atoms with van der Waals surface area (Å²) in [7, 11) is 2.95. The molecule has 1 aliphatic rings. The number of nitrogens with zero attached hydrogens (tertiary/aromatic N) is 1. The molecular formula is C19H17NO6S. The molecule has 2 aromatic rings. The molecule has 1 heterocycles. The van der Waals surface area contributed by atoms with Gasteiger partial charge in [-0.2, -0.15) is 0 Å². The van der Waals surface area contributed by atoms with Gasteiger partial charge in [-0.05, 0) is 24.3 Å². The van der Waals surface area contributed by atoms with Crippen LogP contribution < -0.4 is 14.4 Å². The molecule has 1 fully saturated rings. The minimum atomic E-state index is -1.08. The Morgan fingerprint density at radius 1 is 1.15 bits per heavy atom. The van der Waals surface area contributed by atoms with Crippen molar-refractivity contribution < 1.29 is 29.0 Å². The molecule has 1 atom stereocenters. The fraction of sp³-hybridized carbons (Fsp3) is 0.211. The van der Waals surface area contributed by atoms with Crippen LogP contribution in [0.25, 0.3) is 0 Å². The Morgan fingerprint density at radius 2 is 1.89 bits per heavy atom. The van der Waals surface area contributed by atoms with Gasteiger partial charge in [0.05, 0.1) is 30.7 Å². The number of imide groups is 1. The molecule has 1 N–H and O–H groups in total. The van der Waals surface area contributed by atoms with Crippen LogP contribution in [0.1, 0.15) is 16.8 Å². The lowest BCUT2D eigenvalue weighted by Crippen LogP contribution is -2.31. The summed E-state index contributed by atoms with van der Waals surface area (Å²) in [5, 5.41) is 8.60. The van der Waals surface area contributed by atoms with Gasteiger partial charge in [0.1, 0.15) is 11.5 Å². The van der Waals surface area contributed by atoms with Crippen LogP contribution in [-0.4, -0.2) is 42.4 Å². The average molecular weight is 387 g/mol. The van der Waals surface area contributed by atoms with E-state index in [4.69, 9.17) is 9.47 Å². The van der Waals surface area contributed by atoms with Crippen LogP contribution >= 0.6 is 11.8 Å². The van der Waals surface area contributed by atoms with E-state index in [1.54, 1.807) is 36.4 Å². The van der Waals surface area contributed by atoms with Crippen LogP contribution in [0, 0.1) is 0 Å². The Hall–Kier alpha value is -3.00. The first-order chi connectivity index (χ1) is 13.0. The van der Waals surface area contributed by atoms with Crippen molar-refractivity contribution in [2.24, 2.45) is 0 Å². The van der Waals surface area contributed by atoms with Crippen molar-refractivity contribution in [2.75, 3.05) is 19.1 Å². The SMILES string of the molecule is COc1ccc(N2C(=O)CC(Sc3ccccc3C(=O)O)C2=O)c(OC)c1. The average Bonchev–Trinajstić information content (AvgIpc) is 2.94. The minimum Gasteiger partial charge on any atom is -0.497 e. The number of hydrogen-bond acceptors (Lipinski definition) is 6. The monoisotopic (exact) mass is 387 g/mol. The first-order valence-corrected chi connectivity index (χ1v) is 8.92. The number of methoxy groups -OCH3 is 2. The van der Waals surface area contributed by atoms with Crippen molar-refractivity contribution in [1.29, 1.82) is 0 Å². The molecule has 0 aromatic heterocycles. The highest BCUT2D eigenvalue weighted by molar-refractivity contribution is 8.00. The molecule has 2 amide bonds. The minimum absolute atomic E-state index is 0.0212. The number of hydrogen-bond donors (Lipinski definition) is 1. The van der Waals surface area contributed by atoms with E-state index in [1.165, 1.54) is 20.3 Å². The third-order valence-electron chi connectivity index (χ3n) is 4.12. The van der Waals surface area contributed by atoms with Gasteiger partial charge < -0.3 is 14.6 Å². The number of ether oxygens (including phenoxy) is 2. The Balaban J connectivity index is 1.89. The molecule has 0 spiro atoms. The Bertz CT molecular complexity index is 913. The number of anilines is 1. The third-order valence-corrected chi connectivity index (χ3v) is 5.38. The second-order valence-corrected chi connectivity index (χ2v) is 6.96. The van der Waals surface area contributed by atoms with Crippen LogP contribution in [0.2, 0.25) is 0 Å². The summed E-state index contributed by atoms with van der Waals surface area (Å²) < 4.78 is 10.4. The van der Waals surface area contributed by atoms with Crippen molar-refractivity contribution in [3.63, 3.8) is 0 Å². The van der Waals surface area contributed by atoms with E-state index in [0.29, 0.717) is 22.1 Å². The molecule has 0 bridgehead atoms. The Labute approximate surface area is 159 Å². The first-order valence-electron chi connectivity index (χ1n) is 8.04. The number of carbonyl (C=O) groups is 3. The number of thioether (sulfide) groups is 1. The number of aromatic carboxylic acids is 1. The summed E-state index contributed by atoms with van der Waals surface area (Å²) in [6, 6.07) is 11.2. The van der Waals surface area contributed by atoms with Gasteiger partial charge in [-0.15, -0.1) is 11.8 Å². The molecule has 3 rings (SSSR count). The fourth-order valence-electron chi connectivity index (χ4n) is 2.82. The van der Waals surface area contributed by atoms with E-state index in [0.717, 1.165) is 16.7 Å². The van der Waals surface area contributed by atoms with E-state index >= 15 is 0 Å². The molecule has 1 aliphatic heterocycles. The molecule has 27 heavy (non-hydrogen) atoms. The lowest BCUT2D eigenvalue weighted by Gasteiger charge is -2.18. The van der Waals surface area contributed by atoms with E-state index in [-0.39, 0.29) is 17.9 Å². The van der Waals surface area contributed by atoms with Crippen LogP contribution in [0.4, 0.5) is 5.69 Å². The lowest BCUT2D eigenvalue weighted by molar-refractivity contribution is -0.121. The number of carboxylic acids is 1. The van der Waals surface area contributed by atoms with E-state index in [2.05, 4.69) is 0 Å². The van der Waals surface area contributed by atoms with E-state index in [9.17, 15) is 19.5 Å². The quantitative estimate of drug-likeness (QED) is 0.762. The van der Waals surface area contributed by atoms with Crippen LogP contribution in [0.15, 0.2) is 47.4 Å². The summed E-state index contributed by atoms with van der Waals surface area (Å²) >= 11 is 1.08. The molecule has 0 saturated carbocycles. The van der Waals surface area contributed by atoms with Crippen molar-refractivity contribution in [3.8, 4) is 11.5 Å². The van der Waals surface area contributed by atoms with E-state index in [1.807, 2.05) is 0 Å². The summed E-state index contributed by atoms with van der Waals surface area (Å²) in [5.74, 6) is -0.977. The number of carbonyl (C=O) groups excluding carboxylic acids is 2. The third kappa shape index (κ3) is 3.61. The van der Waals surface area contributed by atoms with Gasteiger partial charge in [-0.25, -0.2) is 9.69 Å². The molecule has 8 heteroatoms. The highest BCUT2D eigenvalue weighted by Gasteiger charge is 2.41. The molecule has 0 aliphatic carbocycles. The summed E-state index contributed by atoms with van der Waals surface area (Å²) in [4.78, 5) is 38.3. The molecule has 0 radical (unpaired) electrons. The Kier molecular flexibility index (Phi) is 5.36. The molecule has 1 saturated heterocycles. The maximum atomic E-state index is 12.9. The second kappa shape index (κ2) is 7.71. The van der Waals surface area contributed by atoms with Gasteiger partial charge in [0.2, 0.25) is 11.8 Å². The van der Waals surface area contributed by atoms with Crippen molar-refractivity contribution in [3.05, 3.63) is 48.0 Å². The predicted octanol–water partition coefficient (Wildman–Crippen LogP) is 2.83. The van der Waals surface area contributed by atoms with Gasteiger partial charge in [0.15, 0.2) is 0 Å². The van der Waals surface area contributed by atoms with Crippen LogP contribution in [-0.2, 0) is 9.59 Å². The van der Waals surface area contributed by atoms with Crippen LogP contribution in [0.3, 0.4) is 0 Å². The maximum Gasteiger partial charge on any atom is 0.336 e. The summed E-state index contributed by atoms with van der Waals surface area (Å²) in [5.41, 5.74) is 0.436. The standard InChI is InChI=1S/C19H17NO6S/c1-25-11-7-8-13(14(9-11)26-2)20-17(21)10-16(18(20)22)27-15-6-4-3-5-12(15)19(23)24/h3-9,16H,10H2,1-2H3,(H,23,24). The zero-order chi connectivity index (χ0) is 19.6. The largest absolute Gasteiger partial charge is 0.497 e. The fourth-order valence-corrected chi connectivity index (χ4v) is 4.00. The molecule has 1 unspecified atom stereocenters. The number of carboxylic acid groups (broad SMARTS) is 1. The molecule has 140 valence electrons. The zero-order valence-corrected chi connectivity index (χ0v) is 15.5. The molecule has 7 nitrogen and oxygen atoms in total. The van der Waals surface area contributed by atoms with Gasteiger partial charge in [0.25, 0.3) is 0 Å². The number of benzene rings is 2. The van der Waals surface area contributed by atoms with Gasteiger partial charge in [-0.1, -0.05) is 12.1 Å². The van der Waals surface area contributed by atoms with Crippen molar-refractivity contribution in [1.82, 2.24) is 0 Å².